The standard InChI is InChI=1S/C32H38FN3O5S/c1-24(32(38)34-27-11-7-4-8-12-27)35(22-21-25-9-5-3-6-10-25)31(37)23-36(28-15-13-26(33)14-16-28)42(39,40)30-19-17-29(41-2)18-20-30/h3,5-6,9-10,13-20,24,27H,4,7-8,11-12,21-23H2,1-2H3,(H,34,38)/t24-/m1/s1. The van der Waals surface area contributed by atoms with Crippen LogP contribution in [0.5, 0.6) is 5.75 Å². The summed E-state index contributed by atoms with van der Waals surface area (Å²) in [5, 5.41) is 3.09. The SMILES string of the molecule is COc1ccc(S(=O)(=O)N(CC(=O)N(CCc2ccccc2)[C@H](C)C(=O)NC2CCCCC2)c2ccc(F)cc2)cc1. The quantitative estimate of drug-likeness (QED) is 0.320. The van der Waals surface area contributed by atoms with Crippen LogP contribution in [-0.4, -0.2) is 57.4 Å². The minimum atomic E-state index is -4.25. The number of amides is 2. The van der Waals surface area contributed by atoms with Crippen LogP contribution in [0.3, 0.4) is 0 Å². The normalized spacial score (nSPS) is 14.5. The second-order valence-corrected chi connectivity index (χ2v) is 12.4. The van der Waals surface area contributed by atoms with Crippen molar-refractivity contribution in [2.75, 3.05) is 24.5 Å². The molecule has 1 N–H and O–H groups in total. The van der Waals surface area contributed by atoms with Gasteiger partial charge in [-0.05, 0) is 80.3 Å². The third-order valence-electron chi connectivity index (χ3n) is 7.64. The van der Waals surface area contributed by atoms with Crippen molar-refractivity contribution in [3.05, 3.63) is 90.2 Å². The molecule has 10 heteroatoms. The van der Waals surface area contributed by atoms with E-state index >= 15 is 0 Å². The third kappa shape index (κ3) is 7.88. The summed E-state index contributed by atoms with van der Waals surface area (Å²) in [6, 6.07) is 19.5. The Balaban J connectivity index is 1.63. The van der Waals surface area contributed by atoms with E-state index in [4.69, 9.17) is 4.74 Å². The predicted molar refractivity (Wildman–Crippen MR) is 160 cm³/mol. The number of methoxy groups -OCH3 is 1. The molecule has 1 aliphatic carbocycles. The smallest absolute Gasteiger partial charge is 0.264 e. The Morgan fingerprint density at radius 1 is 0.952 bits per heavy atom. The van der Waals surface area contributed by atoms with E-state index in [-0.39, 0.29) is 29.1 Å². The molecule has 1 fully saturated rings. The third-order valence-corrected chi connectivity index (χ3v) is 9.43. The molecule has 1 aliphatic rings. The van der Waals surface area contributed by atoms with Gasteiger partial charge in [-0.15, -0.1) is 0 Å². The van der Waals surface area contributed by atoms with Crippen molar-refractivity contribution in [3.8, 4) is 5.75 Å². The number of ether oxygens (including phenoxy) is 1. The van der Waals surface area contributed by atoms with Gasteiger partial charge in [0.2, 0.25) is 11.8 Å². The molecule has 8 nitrogen and oxygen atoms in total. The lowest BCUT2D eigenvalue weighted by Gasteiger charge is -2.33. The number of nitrogens with zero attached hydrogens (tertiary/aromatic N) is 2. The maximum atomic E-state index is 14.0. The van der Waals surface area contributed by atoms with Crippen molar-refractivity contribution in [3.63, 3.8) is 0 Å². The minimum absolute atomic E-state index is 0.0562. The number of sulfonamides is 1. The van der Waals surface area contributed by atoms with Crippen molar-refractivity contribution in [1.29, 1.82) is 0 Å². The first-order valence-corrected chi connectivity index (χ1v) is 15.7. The summed E-state index contributed by atoms with van der Waals surface area (Å²) in [5.41, 5.74) is 1.11. The maximum Gasteiger partial charge on any atom is 0.264 e. The van der Waals surface area contributed by atoms with Gasteiger partial charge in [0.05, 0.1) is 17.7 Å². The zero-order valence-electron chi connectivity index (χ0n) is 24.0. The van der Waals surface area contributed by atoms with Crippen molar-refractivity contribution in [1.82, 2.24) is 10.2 Å². The highest BCUT2D eigenvalue weighted by Crippen LogP contribution is 2.26. The van der Waals surface area contributed by atoms with Gasteiger partial charge < -0.3 is 15.0 Å². The highest BCUT2D eigenvalue weighted by atomic mass is 32.2. The molecule has 224 valence electrons. The molecular formula is C32H38FN3O5S. The summed E-state index contributed by atoms with van der Waals surface area (Å²) in [5.74, 6) is -0.874. The van der Waals surface area contributed by atoms with E-state index in [2.05, 4.69) is 5.32 Å². The number of carbonyl (C=O) groups excluding carboxylic acids is 2. The van der Waals surface area contributed by atoms with Gasteiger partial charge >= 0.3 is 0 Å². The molecule has 0 aliphatic heterocycles. The van der Waals surface area contributed by atoms with Crippen LogP contribution >= 0.6 is 0 Å². The average Bonchev–Trinajstić information content (AvgIpc) is 3.01. The second kappa shape index (κ2) is 14.3. The van der Waals surface area contributed by atoms with Crippen molar-refractivity contribution in [2.24, 2.45) is 0 Å². The van der Waals surface area contributed by atoms with Gasteiger partial charge in [-0.25, -0.2) is 12.8 Å². The van der Waals surface area contributed by atoms with E-state index in [1.165, 1.54) is 48.4 Å². The first kappa shape index (κ1) is 31.0. The van der Waals surface area contributed by atoms with Crippen LogP contribution in [0.4, 0.5) is 10.1 Å². The molecule has 0 unspecified atom stereocenters. The van der Waals surface area contributed by atoms with Crippen LogP contribution in [0.25, 0.3) is 0 Å². The Morgan fingerprint density at radius 3 is 2.21 bits per heavy atom. The number of hydrogen-bond acceptors (Lipinski definition) is 5. The van der Waals surface area contributed by atoms with Gasteiger partial charge in [-0.1, -0.05) is 49.6 Å². The fourth-order valence-electron chi connectivity index (χ4n) is 5.15. The fraction of sp³-hybridized carbons (Fsp3) is 0.375. The van der Waals surface area contributed by atoms with Gasteiger partial charge in [0.1, 0.15) is 24.2 Å². The highest BCUT2D eigenvalue weighted by molar-refractivity contribution is 7.92. The van der Waals surface area contributed by atoms with E-state index in [9.17, 15) is 22.4 Å². The van der Waals surface area contributed by atoms with E-state index in [1.54, 1.807) is 6.92 Å². The largest absolute Gasteiger partial charge is 0.497 e. The Kier molecular flexibility index (Phi) is 10.6. The average molecular weight is 596 g/mol. The zero-order chi connectivity index (χ0) is 30.1. The molecule has 3 aromatic carbocycles. The topological polar surface area (TPSA) is 96.0 Å². The minimum Gasteiger partial charge on any atom is -0.497 e. The van der Waals surface area contributed by atoms with Crippen LogP contribution < -0.4 is 14.4 Å². The van der Waals surface area contributed by atoms with Crippen LogP contribution in [0.2, 0.25) is 0 Å². The lowest BCUT2D eigenvalue weighted by molar-refractivity contribution is -0.139. The fourth-order valence-corrected chi connectivity index (χ4v) is 6.56. The van der Waals surface area contributed by atoms with E-state index < -0.39 is 34.3 Å². The predicted octanol–water partition coefficient (Wildman–Crippen LogP) is 4.94. The van der Waals surface area contributed by atoms with Crippen LogP contribution in [-0.2, 0) is 26.0 Å². The molecule has 1 saturated carbocycles. The Morgan fingerprint density at radius 2 is 1.60 bits per heavy atom. The first-order valence-electron chi connectivity index (χ1n) is 14.2. The number of nitrogens with one attached hydrogen (secondary N) is 1. The summed E-state index contributed by atoms with van der Waals surface area (Å²) in [4.78, 5) is 28.7. The number of hydrogen-bond donors (Lipinski definition) is 1. The Labute approximate surface area is 247 Å². The van der Waals surface area contributed by atoms with E-state index in [1.807, 2.05) is 30.3 Å². The van der Waals surface area contributed by atoms with Gasteiger partial charge in [-0.3, -0.25) is 13.9 Å². The number of rotatable bonds is 12. The van der Waals surface area contributed by atoms with Gasteiger partial charge in [-0.2, -0.15) is 0 Å². The first-order chi connectivity index (χ1) is 20.2. The number of anilines is 1. The molecule has 0 heterocycles. The van der Waals surface area contributed by atoms with Crippen molar-refractivity contribution >= 4 is 27.5 Å². The summed E-state index contributed by atoms with van der Waals surface area (Å²) >= 11 is 0. The molecule has 3 aromatic rings. The summed E-state index contributed by atoms with van der Waals surface area (Å²) in [7, 11) is -2.77. The lowest BCUT2D eigenvalue weighted by atomic mass is 9.95. The van der Waals surface area contributed by atoms with Gasteiger partial charge in [0.15, 0.2) is 0 Å². The molecule has 0 saturated heterocycles. The number of benzene rings is 3. The van der Waals surface area contributed by atoms with Crippen molar-refractivity contribution < 1.29 is 27.1 Å². The van der Waals surface area contributed by atoms with Gasteiger partial charge in [0, 0.05) is 12.6 Å². The van der Waals surface area contributed by atoms with Crippen LogP contribution in [0, 0.1) is 5.82 Å². The molecule has 42 heavy (non-hydrogen) atoms. The summed E-state index contributed by atoms with van der Waals surface area (Å²) in [6.45, 7) is 1.30. The number of carbonyl (C=O) groups is 2. The molecule has 1 atom stereocenters. The van der Waals surface area contributed by atoms with Crippen molar-refractivity contribution in [2.45, 2.75) is 62.4 Å². The molecule has 0 aromatic heterocycles. The summed E-state index contributed by atoms with van der Waals surface area (Å²) < 4.78 is 47.6. The van der Waals surface area contributed by atoms with Crippen LogP contribution in [0.15, 0.2) is 83.8 Å². The zero-order valence-corrected chi connectivity index (χ0v) is 24.9. The Hall–Kier alpha value is -3.92. The highest BCUT2D eigenvalue weighted by Gasteiger charge is 2.33. The molecule has 0 spiro atoms. The van der Waals surface area contributed by atoms with E-state index in [0.717, 1.165) is 54.1 Å². The molecule has 2 amide bonds. The second-order valence-electron chi connectivity index (χ2n) is 10.5. The molecule has 0 bridgehead atoms. The monoisotopic (exact) mass is 595 g/mol. The lowest BCUT2D eigenvalue weighted by Crippen LogP contribution is -2.53. The van der Waals surface area contributed by atoms with E-state index in [0.29, 0.717) is 12.2 Å². The van der Waals surface area contributed by atoms with Gasteiger partial charge in [0.25, 0.3) is 10.0 Å². The molecule has 0 radical (unpaired) electrons. The number of halogens is 1. The molecule has 4 rings (SSSR count). The van der Waals surface area contributed by atoms with Crippen LogP contribution in [0.1, 0.15) is 44.6 Å². The maximum absolute atomic E-state index is 14.0. The molecular weight excluding hydrogens is 557 g/mol. The Bertz CT molecular complexity index is 1430. The summed E-state index contributed by atoms with van der Waals surface area (Å²) in [6.07, 6.45) is 5.52.